The average molecular weight is 442 g/mol. The van der Waals surface area contributed by atoms with Gasteiger partial charge in [0.2, 0.25) is 20.0 Å². The van der Waals surface area contributed by atoms with Crippen LogP contribution in [0, 0.1) is 11.3 Å². The van der Waals surface area contributed by atoms with Crippen molar-refractivity contribution in [2.45, 2.75) is 54.4 Å². The first-order valence-electron chi connectivity index (χ1n) is 10.2. The second-order valence-electron chi connectivity index (χ2n) is 7.74. The van der Waals surface area contributed by atoms with Crippen LogP contribution in [-0.4, -0.2) is 59.9 Å². The Bertz CT molecular complexity index is 925. The van der Waals surface area contributed by atoms with E-state index in [0.29, 0.717) is 32.6 Å². The van der Waals surface area contributed by atoms with Crippen LogP contribution in [0.15, 0.2) is 34.1 Å². The third-order valence-electron chi connectivity index (χ3n) is 5.72. The number of benzene rings is 1. The first-order valence-corrected chi connectivity index (χ1v) is 13.1. The highest BCUT2D eigenvalue weighted by atomic mass is 32.2. The summed E-state index contributed by atoms with van der Waals surface area (Å²) in [5, 5.41) is 8.68. The molecule has 0 spiro atoms. The number of nitrogens with zero attached hydrogens (tertiary/aromatic N) is 2. The van der Waals surface area contributed by atoms with Gasteiger partial charge in [0.05, 0.1) is 55.0 Å². The van der Waals surface area contributed by atoms with E-state index in [1.165, 1.54) is 33.5 Å². The number of rotatable bonds is 7. The van der Waals surface area contributed by atoms with E-state index in [-0.39, 0.29) is 15.8 Å². The van der Waals surface area contributed by atoms with Crippen molar-refractivity contribution in [3.05, 3.63) is 24.3 Å². The molecule has 0 amide bonds. The number of piperazine rings is 1. The zero-order valence-electron chi connectivity index (χ0n) is 16.5. The summed E-state index contributed by atoms with van der Waals surface area (Å²) >= 11 is 0. The molecule has 10 heteroatoms. The van der Waals surface area contributed by atoms with E-state index in [9.17, 15) is 16.8 Å². The highest BCUT2D eigenvalue weighted by Crippen LogP contribution is 2.22. The summed E-state index contributed by atoms with van der Waals surface area (Å²) in [5.41, 5.74) is 0. The standard InChI is InChI=1S/C19H28N4O4S2/c20-11-4-12-22-13-15-23(16-14-22)29(26,27)19-9-7-18(8-10-19)28(24,25)21-17-5-2-1-3-6-17/h7-10,17,21H,1-6,12-16H2/p+1. The molecule has 1 saturated carbocycles. The molecule has 1 aromatic carbocycles. The molecule has 1 saturated heterocycles. The first-order chi connectivity index (χ1) is 13.8. The molecular weight excluding hydrogens is 412 g/mol. The fourth-order valence-corrected chi connectivity index (χ4v) is 6.72. The van der Waals surface area contributed by atoms with Gasteiger partial charge < -0.3 is 4.90 Å². The maximum absolute atomic E-state index is 12.9. The lowest BCUT2D eigenvalue weighted by molar-refractivity contribution is -0.903. The molecule has 0 unspecified atom stereocenters. The number of sulfonamides is 2. The Balaban J connectivity index is 1.65. The molecule has 0 bridgehead atoms. The molecule has 2 fully saturated rings. The van der Waals surface area contributed by atoms with Crippen molar-refractivity contribution in [2.24, 2.45) is 0 Å². The van der Waals surface area contributed by atoms with Crippen LogP contribution in [0.2, 0.25) is 0 Å². The molecule has 3 rings (SSSR count). The smallest absolute Gasteiger partial charge is 0.243 e. The molecule has 1 aromatic rings. The molecule has 2 aliphatic rings. The van der Waals surface area contributed by atoms with Crippen molar-refractivity contribution in [3.63, 3.8) is 0 Å². The molecular formula is C19H29N4O4S2+. The van der Waals surface area contributed by atoms with Crippen LogP contribution >= 0.6 is 0 Å². The number of hydrogen-bond donors (Lipinski definition) is 2. The highest BCUT2D eigenvalue weighted by Gasteiger charge is 2.30. The highest BCUT2D eigenvalue weighted by molar-refractivity contribution is 7.89. The van der Waals surface area contributed by atoms with Gasteiger partial charge >= 0.3 is 0 Å². The molecule has 1 aliphatic carbocycles. The van der Waals surface area contributed by atoms with Gasteiger partial charge in [-0.1, -0.05) is 19.3 Å². The maximum atomic E-state index is 12.9. The van der Waals surface area contributed by atoms with E-state index in [2.05, 4.69) is 10.8 Å². The first kappa shape index (κ1) is 22.2. The molecule has 0 atom stereocenters. The summed E-state index contributed by atoms with van der Waals surface area (Å²) in [6.07, 6.45) is 5.33. The average Bonchev–Trinajstić information content (AvgIpc) is 2.73. The van der Waals surface area contributed by atoms with Gasteiger partial charge in [-0.2, -0.15) is 9.57 Å². The topological polar surface area (TPSA) is 112 Å². The van der Waals surface area contributed by atoms with Crippen molar-refractivity contribution in [1.82, 2.24) is 9.03 Å². The van der Waals surface area contributed by atoms with Crippen LogP contribution in [0.25, 0.3) is 0 Å². The zero-order valence-corrected chi connectivity index (χ0v) is 18.1. The fraction of sp³-hybridized carbons (Fsp3) is 0.632. The Labute approximate surface area is 173 Å². The van der Waals surface area contributed by atoms with Crippen molar-refractivity contribution < 1.29 is 21.7 Å². The maximum Gasteiger partial charge on any atom is 0.243 e. The molecule has 0 aromatic heterocycles. The van der Waals surface area contributed by atoms with E-state index in [1.807, 2.05) is 0 Å². The Kier molecular flexibility index (Phi) is 7.29. The zero-order chi connectivity index (χ0) is 20.9. The van der Waals surface area contributed by atoms with Gasteiger partial charge in [-0.25, -0.2) is 21.6 Å². The fourth-order valence-electron chi connectivity index (χ4n) is 3.97. The molecule has 1 heterocycles. The number of hydrogen-bond acceptors (Lipinski definition) is 5. The lowest BCUT2D eigenvalue weighted by Gasteiger charge is -2.31. The summed E-state index contributed by atoms with van der Waals surface area (Å²) in [6, 6.07) is 7.56. The van der Waals surface area contributed by atoms with Crippen LogP contribution in [0.1, 0.15) is 38.5 Å². The lowest BCUT2D eigenvalue weighted by atomic mass is 9.96. The van der Waals surface area contributed by atoms with E-state index < -0.39 is 20.0 Å². The largest absolute Gasteiger partial charge is 0.332 e. The van der Waals surface area contributed by atoms with Gasteiger partial charge in [-0.15, -0.1) is 0 Å². The second kappa shape index (κ2) is 9.53. The van der Waals surface area contributed by atoms with Crippen LogP contribution in [0.5, 0.6) is 0 Å². The van der Waals surface area contributed by atoms with Gasteiger partial charge in [0.1, 0.15) is 0 Å². The Morgan fingerprint density at radius 3 is 2.17 bits per heavy atom. The monoisotopic (exact) mass is 441 g/mol. The van der Waals surface area contributed by atoms with E-state index in [0.717, 1.165) is 38.6 Å². The van der Waals surface area contributed by atoms with Gasteiger partial charge in [0, 0.05) is 6.04 Å². The van der Waals surface area contributed by atoms with Gasteiger partial charge in [0.25, 0.3) is 0 Å². The lowest BCUT2D eigenvalue weighted by Crippen LogP contribution is -3.14. The van der Waals surface area contributed by atoms with Gasteiger partial charge in [-0.05, 0) is 37.1 Å². The van der Waals surface area contributed by atoms with Crippen LogP contribution in [0.3, 0.4) is 0 Å². The molecule has 8 nitrogen and oxygen atoms in total. The van der Waals surface area contributed by atoms with Crippen molar-refractivity contribution in [2.75, 3.05) is 32.7 Å². The number of nitriles is 1. The minimum Gasteiger partial charge on any atom is -0.332 e. The molecule has 1 aliphatic heterocycles. The summed E-state index contributed by atoms with van der Waals surface area (Å²) in [7, 11) is -7.31. The normalized spacial score (nSPS) is 20.4. The third-order valence-corrected chi connectivity index (χ3v) is 9.17. The quantitative estimate of drug-likeness (QED) is 0.623. The van der Waals surface area contributed by atoms with E-state index >= 15 is 0 Å². The van der Waals surface area contributed by atoms with Crippen LogP contribution in [0.4, 0.5) is 0 Å². The Hall–Kier alpha value is -1.51. The Morgan fingerprint density at radius 2 is 1.59 bits per heavy atom. The number of quaternary nitrogens is 1. The SMILES string of the molecule is N#CCC[NH+]1CCN(S(=O)(=O)c2ccc(S(=O)(=O)NC3CCCCC3)cc2)CC1. The summed E-state index contributed by atoms with van der Waals surface area (Å²) < 4.78 is 55.1. The number of nitrogens with one attached hydrogen (secondary N) is 2. The van der Waals surface area contributed by atoms with Crippen molar-refractivity contribution in [3.8, 4) is 6.07 Å². The van der Waals surface area contributed by atoms with E-state index in [4.69, 9.17) is 5.26 Å². The van der Waals surface area contributed by atoms with E-state index in [1.54, 1.807) is 0 Å². The molecule has 160 valence electrons. The molecule has 0 radical (unpaired) electrons. The summed E-state index contributed by atoms with van der Waals surface area (Å²) in [4.78, 5) is 1.43. The molecule has 2 N–H and O–H groups in total. The Morgan fingerprint density at radius 1 is 1.00 bits per heavy atom. The van der Waals surface area contributed by atoms with Crippen LogP contribution < -0.4 is 9.62 Å². The van der Waals surface area contributed by atoms with Crippen molar-refractivity contribution in [1.29, 1.82) is 5.26 Å². The predicted molar refractivity (Wildman–Crippen MR) is 108 cm³/mol. The van der Waals surface area contributed by atoms with Gasteiger partial charge in [-0.3, -0.25) is 0 Å². The summed E-state index contributed by atoms with van der Waals surface area (Å²) in [6.45, 7) is 2.85. The second-order valence-corrected chi connectivity index (χ2v) is 11.4. The van der Waals surface area contributed by atoms with Gasteiger partial charge in [0.15, 0.2) is 0 Å². The van der Waals surface area contributed by atoms with Crippen LogP contribution in [-0.2, 0) is 20.0 Å². The minimum atomic E-state index is -3.66. The minimum absolute atomic E-state index is 0.0445. The summed E-state index contributed by atoms with van der Waals surface area (Å²) in [5.74, 6) is 0. The third kappa shape index (κ3) is 5.55. The predicted octanol–water partition coefficient (Wildman–Crippen LogP) is 0.100. The molecule has 29 heavy (non-hydrogen) atoms. The van der Waals surface area contributed by atoms with Crippen molar-refractivity contribution >= 4 is 20.0 Å².